The van der Waals surface area contributed by atoms with Gasteiger partial charge < -0.3 is 4.79 Å². The van der Waals surface area contributed by atoms with Gasteiger partial charge in [0.15, 0.2) is 0 Å². The molecule has 0 aliphatic heterocycles. The van der Waals surface area contributed by atoms with Crippen molar-refractivity contribution in [3.63, 3.8) is 0 Å². The Labute approximate surface area is 64.2 Å². The predicted molar refractivity (Wildman–Crippen MR) is 32.7 cm³/mol. The average Bonchev–Trinajstić information content (AvgIpc) is 1.69. The summed E-state index contributed by atoms with van der Waals surface area (Å²) in [6.45, 7) is 3.43. The Bertz CT molecular complexity index is 58.0. The fraction of sp³-hybridized carbons (Fsp3) is 0.750. The van der Waals surface area contributed by atoms with Crippen LogP contribution in [0.5, 0.6) is 0 Å². The molecule has 0 radical (unpaired) electrons. The van der Waals surface area contributed by atoms with Crippen LogP contribution in [0.1, 0.15) is 20.3 Å². The van der Waals surface area contributed by atoms with Gasteiger partial charge in [0.05, 0.1) is 0 Å². The summed E-state index contributed by atoms with van der Waals surface area (Å²) in [4.78, 5) is 9.81. The Morgan fingerprint density at radius 3 is 1.75 bits per heavy atom. The molecule has 0 aromatic rings. The molecule has 0 aliphatic carbocycles. The maximum atomic E-state index is 9.81. The summed E-state index contributed by atoms with van der Waals surface area (Å²) in [5, 5.41) is 0. The van der Waals surface area contributed by atoms with E-state index < -0.39 is 0 Å². The quantitative estimate of drug-likeness (QED) is 0.637. The van der Waals surface area contributed by atoms with Crippen LogP contribution < -0.4 is 0 Å². The molecule has 0 aromatic carbocycles. The summed E-state index contributed by atoms with van der Waals surface area (Å²) in [5.74, 6) is 0.255. The van der Waals surface area contributed by atoms with Crippen molar-refractivity contribution < 1.29 is 17.7 Å². The first-order chi connectivity index (χ1) is 3.68. The zero-order valence-corrected chi connectivity index (χ0v) is 7.26. The molecular weight excluding hydrogens is 194 g/mol. The Balaban J connectivity index is 0. The predicted octanol–water partition coefficient (Wildman–Crippen LogP) is 2.36. The van der Waals surface area contributed by atoms with Crippen molar-refractivity contribution in [2.75, 3.05) is 0 Å². The minimum absolute atomic E-state index is 0.255. The fourth-order valence-corrected chi connectivity index (χ4v) is 0. The number of halogens is 2. The molecular formula is C4H8Cl2CoO. The van der Waals surface area contributed by atoms with Crippen LogP contribution in [0.2, 0.25) is 0 Å². The number of carbonyl (C=O) groups excluding carboxylic acids is 1. The van der Waals surface area contributed by atoms with Crippen LogP contribution in [0.4, 0.5) is 0 Å². The van der Waals surface area contributed by atoms with Gasteiger partial charge in [0.2, 0.25) is 0 Å². The van der Waals surface area contributed by atoms with Crippen molar-refractivity contribution in [2.45, 2.75) is 20.3 Å². The normalized spacial score (nSPS) is 7.50. The summed E-state index contributed by atoms with van der Waals surface area (Å²) >= 11 is 0.382. The number of rotatable bonds is 1. The van der Waals surface area contributed by atoms with Gasteiger partial charge in [0.25, 0.3) is 0 Å². The Morgan fingerprint density at radius 2 is 1.75 bits per heavy atom. The molecule has 4 heteroatoms. The van der Waals surface area contributed by atoms with Gasteiger partial charge in [-0.3, -0.25) is 0 Å². The van der Waals surface area contributed by atoms with Crippen molar-refractivity contribution in [1.82, 2.24) is 0 Å². The summed E-state index contributed by atoms with van der Waals surface area (Å²) in [7, 11) is 9.47. The van der Waals surface area contributed by atoms with Crippen LogP contribution in [0.25, 0.3) is 0 Å². The van der Waals surface area contributed by atoms with Gasteiger partial charge in [-0.25, -0.2) is 0 Å². The molecule has 8 heavy (non-hydrogen) atoms. The monoisotopic (exact) mass is 201 g/mol. The molecule has 0 heterocycles. The SMILES string of the molecule is CCC(C)=O.[Cl][Co][Cl]. The van der Waals surface area contributed by atoms with Gasteiger partial charge >= 0.3 is 33.2 Å². The van der Waals surface area contributed by atoms with E-state index >= 15 is 0 Å². The van der Waals surface area contributed by atoms with E-state index in [1.807, 2.05) is 6.92 Å². The van der Waals surface area contributed by atoms with E-state index in [9.17, 15) is 4.79 Å². The Hall–Kier alpha value is 0.756. The van der Waals surface area contributed by atoms with Crippen molar-refractivity contribution in [3.8, 4) is 0 Å². The third-order valence-corrected chi connectivity index (χ3v) is 0.498. The molecule has 0 saturated carbocycles. The van der Waals surface area contributed by atoms with E-state index in [2.05, 4.69) is 0 Å². The topological polar surface area (TPSA) is 17.1 Å². The molecule has 0 bridgehead atoms. The van der Waals surface area contributed by atoms with Crippen molar-refractivity contribution in [1.29, 1.82) is 0 Å². The second-order valence-electron chi connectivity index (χ2n) is 1.10. The van der Waals surface area contributed by atoms with Crippen molar-refractivity contribution >= 4 is 26.1 Å². The molecule has 53 valence electrons. The maximum absolute atomic E-state index is 9.81. The zero-order valence-electron chi connectivity index (χ0n) is 4.70. The number of hydrogen-bond acceptors (Lipinski definition) is 1. The number of ketones is 1. The molecule has 0 atom stereocenters. The van der Waals surface area contributed by atoms with E-state index in [1.54, 1.807) is 6.92 Å². The molecule has 0 unspecified atom stereocenters. The van der Waals surface area contributed by atoms with E-state index in [-0.39, 0.29) is 5.78 Å². The minimum atomic E-state index is 0.255. The molecule has 1 nitrogen and oxygen atoms in total. The Kier molecular flexibility index (Phi) is 15.4. The molecule has 0 rings (SSSR count). The van der Waals surface area contributed by atoms with Gasteiger partial charge in [-0.1, -0.05) is 6.92 Å². The van der Waals surface area contributed by atoms with E-state index in [0.717, 1.165) is 0 Å². The number of hydrogen-bond donors (Lipinski definition) is 0. The van der Waals surface area contributed by atoms with E-state index in [0.29, 0.717) is 19.3 Å². The first kappa shape index (κ1) is 11.5. The molecule has 0 spiro atoms. The third kappa shape index (κ3) is 29.5. The molecule has 0 aromatic heterocycles. The standard InChI is InChI=1S/C4H8O.2ClH.Co/c1-3-4(2)5;;;/h3H2,1-2H3;2*1H;/q;;;+2/p-2. The summed E-state index contributed by atoms with van der Waals surface area (Å²) < 4.78 is 0. The van der Waals surface area contributed by atoms with Crippen LogP contribution >= 0.6 is 20.3 Å². The Morgan fingerprint density at radius 1 is 1.62 bits per heavy atom. The molecule has 0 aliphatic rings. The first-order valence-electron chi connectivity index (χ1n) is 2.02. The fourth-order valence-electron chi connectivity index (χ4n) is 0. The van der Waals surface area contributed by atoms with Gasteiger partial charge in [0.1, 0.15) is 5.78 Å². The van der Waals surface area contributed by atoms with Crippen molar-refractivity contribution in [2.24, 2.45) is 0 Å². The van der Waals surface area contributed by atoms with Crippen LogP contribution in [-0.2, 0) is 17.7 Å². The van der Waals surface area contributed by atoms with Gasteiger partial charge in [-0.15, -0.1) is 0 Å². The van der Waals surface area contributed by atoms with Gasteiger partial charge in [-0.05, 0) is 6.92 Å². The van der Waals surface area contributed by atoms with Crippen LogP contribution in [0.15, 0.2) is 0 Å². The number of Topliss-reactive ketones (excluding diaryl/α,β-unsaturated/α-hetero) is 1. The average molecular weight is 202 g/mol. The summed E-state index contributed by atoms with van der Waals surface area (Å²) in [6.07, 6.45) is 0.667. The van der Waals surface area contributed by atoms with Crippen LogP contribution in [-0.4, -0.2) is 5.78 Å². The molecule has 0 fully saturated rings. The molecule has 0 saturated heterocycles. The number of carbonyl (C=O) groups is 1. The van der Waals surface area contributed by atoms with Crippen LogP contribution in [0, 0.1) is 0 Å². The van der Waals surface area contributed by atoms with E-state index in [4.69, 9.17) is 20.3 Å². The summed E-state index contributed by atoms with van der Waals surface area (Å²) in [5.41, 5.74) is 0. The van der Waals surface area contributed by atoms with Gasteiger partial charge in [-0.2, -0.15) is 0 Å². The third-order valence-electron chi connectivity index (χ3n) is 0.498. The summed E-state index contributed by atoms with van der Waals surface area (Å²) in [6, 6.07) is 0. The van der Waals surface area contributed by atoms with Crippen molar-refractivity contribution in [3.05, 3.63) is 0 Å². The first-order valence-corrected chi connectivity index (χ1v) is 4.88. The van der Waals surface area contributed by atoms with E-state index in [1.165, 1.54) is 0 Å². The zero-order chi connectivity index (χ0) is 6.99. The van der Waals surface area contributed by atoms with Crippen LogP contribution in [0.3, 0.4) is 0 Å². The molecule has 0 amide bonds. The second-order valence-corrected chi connectivity index (χ2v) is 2.82. The second kappa shape index (κ2) is 10.7. The van der Waals surface area contributed by atoms with Gasteiger partial charge in [0, 0.05) is 6.42 Å². The molecule has 0 N–H and O–H groups in total.